The van der Waals surface area contributed by atoms with Crippen molar-refractivity contribution in [2.75, 3.05) is 45.3 Å². The quantitative estimate of drug-likeness (QED) is 0.737. The molecule has 0 spiro atoms. The summed E-state index contributed by atoms with van der Waals surface area (Å²) in [6.07, 6.45) is 0. The van der Waals surface area contributed by atoms with Crippen molar-refractivity contribution in [1.29, 1.82) is 0 Å². The first-order valence-corrected chi connectivity index (χ1v) is 9.07. The van der Waals surface area contributed by atoms with Crippen LogP contribution in [0.5, 0.6) is 17.2 Å². The van der Waals surface area contributed by atoms with E-state index in [1.54, 1.807) is 42.3 Å². The van der Waals surface area contributed by atoms with Gasteiger partial charge in [0.1, 0.15) is 31.4 Å². The van der Waals surface area contributed by atoms with Gasteiger partial charge in [-0.1, -0.05) is 6.07 Å². The average molecular weight is 403 g/mol. The number of likely N-dealkylation sites (N-methyl/N-ethyl adjacent to an activating group) is 1. The smallest absolute Gasteiger partial charge is 0.325 e. The molecule has 0 saturated carbocycles. The van der Waals surface area contributed by atoms with Gasteiger partial charge in [-0.2, -0.15) is 0 Å². The SMILES string of the molecule is CN(CCOc1cccc(F)c1)CC(=O)NC(=O)Nc1ccc2c(c1)OCCO2. The van der Waals surface area contributed by atoms with Gasteiger partial charge in [-0.15, -0.1) is 0 Å². The average Bonchev–Trinajstić information content (AvgIpc) is 2.67. The van der Waals surface area contributed by atoms with Crippen LogP contribution in [0.3, 0.4) is 0 Å². The number of amides is 3. The van der Waals surface area contributed by atoms with Gasteiger partial charge in [0.25, 0.3) is 0 Å². The molecule has 0 fully saturated rings. The summed E-state index contributed by atoms with van der Waals surface area (Å²) in [6, 6.07) is 10.2. The molecule has 29 heavy (non-hydrogen) atoms. The van der Waals surface area contributed by atoms with Crippen LogP contribution in [0.15, 0.2) is 42.5 Å². The molecule has 2 N–H and O–H groups in total. The molecule has 1 aliphatic heterocycles. The van der Waals surface area contributed by atoms with E-state index < -0.39 is 11.9 Å². The lowest BCUT2D eigenvalue weighted by atomic mass is 10.2. The van der Waals surface area contributed by atoms with Crippen LogP contribution in [-0.4, -0.2) is 56.8 Å². The van der Waals surface area contributed by atoms with E-state index in [0.717, 1.165) is 0 Å². The zero-order valence-corrected chi connectivity index (χ0v) is 15.9. The number of carbonyl (C=O) groups is 2. The second-order valence-corrected chi connectivity index (χ2v) is 6.40. The number of ether oxygens (including phenoxy) is 3. The highest BCUT2D eigenvalue weighted by molar-refractivity contribution is 6.01. The third-order valence-electron chi connectivity index (χ3n) is 4.00. The highest BCUT2D eigenvalue weighted by Gasteiger charge is 2.14. The van der Waals surface area contributed by atoms with Crippen molar-refractivity contribution in [3.8, 4) is 17.2 Å². The van der Waals surface area contributed by atoms with E-state index in [1.165, 1.54) is 12.1 Å². The predicted octanol–water partition coefficient (Wildman–Crippen LogP) is 2.26. The van der Waals surface area contributed by atoms with E-state index in [1.807, 2.05) is 0 Å². The summed E-state index contributed by atoms with van der Waals surface area (Å²) in [5.41, 5.74) is 0.483. The van der Waals surface area contributed by atoms with Crippen LogP contribution in [0.4, 0.5) is 14.9 Å². The molecule has 8 nitrogen and oxygen atoms in total. The molecule has 3 amide bonds. The van der Waals surface area contributed by atoms with Gasteiger partial charge < -0.3 is 19.5 Å². The summed E-state index contributed by atoms with van der Waals surface area (Å²) in [4.78, 5) is 25.7. The van der Waals surface area contributed by atoms with Crippen molar-refractivity contribution >= 4 is 17.6 Å². The number of fused-ring (bicyclic) bond motifs is 1. The number of carbonyl (C=O) groups excluding carboxylic acids is 2. The fraction of sp³-hybridized carbons (Fsp3) is 0.300. The fourth-order valence-corrected chi connectivity index (χ4v) is 2.65. The number of halogens is 1. The largest absolute Gasteiger partial charge is 0.492 e. The zero-order chi connectivity index (χ0) is 20.6. The number of benzene rings is 2. The molecule has 9 heteroatoms. The predicted molar refractivity (Wildman–Crippen MR) is 104 cm³/mol. The number of rotatable bonds is 7. The van der Waals surface area contributed by atoms with Gasteiger partial charge >= 0.3 is 6.03 Å². The van der Waals surface area contributed by atoms with Gasteiger partial charge in [0, 0.05) is 24.4 Å². The maximum Gasteiger partial charge on any atom is 0.325 e. The van der Waals surface area contributed by atoms with Crippen molar-refractivity contribution < 1.29 is 28.2 Å². The van der Waals surface area contributed by atoms with Crippen molar-refractivity contribution in [2.24, 2.45) is 0 Å². The Morgan fingerprint density at radius 1 is 1.14 bits per heavy atom. The summed E-state index contributed by atoms with van der Waals surface area (Å²) in [7, 11) is 1.72. The van der Waals surface area contributed by atoms with Crippen LogP contribution in [0.25, 0.3) is 0 Å². The van der Waals surface area contributed by atoms with E-state index >= 15 is 0 Å². The van der Waals surface area contributed by atoms with Gasteiger partial charge in [0.15, 0.2) is 11.5 Å². The second-order valence-electron chi connectivity index (χ2n) is 6.40. The molecule has 0 atom stereocenters. The van der Waals surface area contributed by atoms with Crippen LogP contribution in [0.1, 0.15) is 0 Å². The fourth-order valence-electron chi connectivity index (χ4n) is 2.65. The van der Waals surface area contributed by atoms with E-state index in [4.69, 9.17) is 14.2 Å². The van der Waals surface area contributed by atoms with Crippen LogP contribution in [0.2, 0.25) is 0 Å². The lowest BCUT2D eigenvalue weighted by Crippen LogP contribution is -2.41. The highest BCUT2D eigenvalue weighted by Crippen LogP contribution is 2.32. The van der Waals surface area contributed by atoms with Gasteiger partial charge in [-0.25, -0.2) is 9.18 Å². The molecule has 0 aromatic heterocycles. The maximum absolute atomic E-state index is 13.1. The van der Waals surface area contributed by atoms with Gasteiger partial charge in [0.2, 0.25) is 5.91 Å². The summed E-state index contributed by atoms with van der Waals surface area (Å²) in [6.45, 7) is 1.62. The second kappa shape index (κ2) is 9.74. The minimum absolute atomic E-state index is 0.00106. The summed E-state index contributed by atoms with van der Waals surface area (Å²) in [5, 5.41) is 4.84. The molecular weight excluding hydrogens is 381 g/mol. The number of hydrogen-bond donors (Lipinski definition) is 2. The minimum Gasteiger partial charge on any atom is -0.492 e. The molecule has 154 valence electrons. The lowest BCUT2D eigenvalue weighted by Gasteiger charge is -2.19. The molecule has 0 aliphatic carbocycles. The summed E-state index contributed by atoms with van der Waals surface area (Å²) >= 11 is 0. The van der Waals surface area contributed by atoms with Gasteiger partial charge in [-0.05, 0) is 31.3 Å². The Balaban J connectivity index is 1.38. The van der Waals surface area contributed by atoms with Crippen molar-refractivity contribution in [3.05, 3.63) is 48.3 Å². The topological polar surface area (TPSA) is 89.1 Å². The number of anilines is 1. The van der Waals surface area contributed by atoms with Crippen LogP contribution >= 0.6 is 0 Å². The summed E-state index contributed by atoms with van der Waals surface area (Å²) in [5.74, 6) is 0.730. The Hall–Kier alpha value is -3.33. The zero-order valence-electron chi connectivity index (χ0n) is 15.9. The molecule has 3 rings (SSSR count). The molecule has 0 radical (unpaired) electrons. The third kappa shape index (κ3) is 6.35. The number of urea groups is 1. The van der Waals surface area contributed by atoms with Crippen LogP contribution in [0, 0.1) is 5.82 Å². The third-order valence-corrected chi connectivity index (χ3v) is 4.00. The number of nitrogens with one attached hydrogen (secondary N) is 2. The Bertz CT molecular complexity index is 877. The number of nitrogens with zero attached hydrogens (tertiary/aromatic N) is 1. The Morgan fingerprint density at radius 3 is 2.72 bits per heavy atom. The van der Waals surface area contributed by atoms with Gasteiger partial charge in [-0.3, -0.25) is 15.0 Å². The van der Waals surface area contributed by atoms with Crippen molar-refractivity contribution in [1.82, 2.24) is 10.2 Å². The molecule has 0 bridgehead atoms. The van der Waals surface area contributed by atoms with E-state index in [9.17, 15) is 14.0 Å². The number of hydrogen-bond acceptors (Lipinski definition) is 6. The Kier molecular flexibility index (Phi) is 6.85. The monoisotopic (exact) mass is 403 g/mol. The highest BCUT2D eigenvalue weighted by atomic mass is 19.1. The molecule has 0 saturated heterocycles. The standard InChI is InChI=1S/C20H22FN3O5/c1-24(7-8-27-16-4-2-3-14(21)11-16)13-19(25)23-20(26)22-15-5-6-17-18(12-15)29-10-9-28-17/h2-6,11-12H,7-10,13H2,1H3,(H2,22,23,25,26). The van der Waals surface area contributed by atoms with E-state index in [2.05, 4.69) is 10.6 Å². The molecule has 1 aliphatic rings. The minimum atomic E-state index is -0.643. The molecule has 2 aromatic carbocycles. The van der Waals surface area contributed by atoms with Crippen molar-refractivity contribution in [3.63, 3.8) is 0 Å². The van der Waals surface area contributed by atoms with Crippen LogP contribution in [-0.2, 0) is 4.79 Å². The molecule has 2 aromatic rings. The van der Waals surface area contributed by atoms with Crippen LogP contribution < -0.4 is 24.8 Å². The summed E-state index contributed by atoms with van der Waals surface area (Å²) < 4.78 is 29.4. The Morgan fingerprint density at radius 2 is 1.93 bits per heavy atom. The Labute approximate surface area is 167 Å². The first-order valence-electron chi connectivity index (χ1n) is 9.07. The molecule has 0 unspecified atom stereocenters. The molecular formula is C20H22FN3O5. The van der Waals surface area contributed by atoms with E-state index in [0.29, 0.717) is 42.7 Å². The van der Waals surface area contributed by atoms with Gasteiger partial charge in [0.05, 0.1) is 6.54 Å². The van der Waals surface area contributed by atoms with E-state index in [-0.39, 0.29) is 19.0 Å². The first kappa shape index (κ1) is 20.4. The normalized spacial score (nSPS) is 12.4. The maximum atomic E-state index is 13.1. The lowest BCUT2D eigenvalue weighted by molar-refractivity contribution is -0.120. The first-order chi connectivity index (χ1) is 14.0. The van der Waals surface area contributed by atoms with Crippen molar-refractivity contribution in [2.45, 2.75) is 0 Å². The molecule has 1 heterocycles. The number of imide groups is 1.